The Hall–Kier alpha value is -3.71. The molecule has 7 heteroatoms. The predicted octanol–water partition coefficient (Wildman–Crippen LogP) is 5.59. The predicted molar refractivity (Wildman–Crippen MR) is 131 cm³/mol. The van der Waals surface area contributed by atoms with Crippen LogP contribution in [-0.2, 0) is 0 Å². The van der Waals surface area contributed by atoms with Crippen molar-refractivity contribution in [1.82, 2.24) is 14.9 Å². The fourth-order valence-corrected chi connectivity index (χ4v) is 4.64. The van der Waals surface area contributed by atoms with Gasteiger partial charge in [-0.3, -0.25) is 4.98 Å². The minimum atomic E-state index is -0.326. The number of para-hydroxylation sites is 1. The number of benzene rings is 2. The summed E-state index contributed by atoms with van der Waals surface area (Å²) in [7, 11) is 0. The fraction of sp³-hybridized carbons (Fsp3) is 0.154. The molecular weight excluding hydrogens is 435 g/mol. The molecule has 0 saturated carbocycles. The Kier molecular flexibility index (Phi) is 5.79. The van der Waals surface area contributed by atoms with Crippen LogP contribution in [0.1, 0.15) is 30.4 Å². The molecule has 5 nitrogen and oxygen atoms in total. The Bertz CT molecular complexity index is 1260. The van der Waals surface area contributed by atoms with Gasteiger partial charge in [0.25, 0.3) is 0 Å². The molecule has 1 aliphatic rings. The number of nitrogens with one attached hydrogen (secondary N) is 1. The third-order valence-corrected chi connectivity index (χ3v) is 6.03. The van der Waals surface area contributed by atoms with Crippen molar-refractivity contribution in [3.8, 4) is 11.4 Å². The summed E-state index contributed by atoms with van der Waals surface area (Å²) < 4.78 is 22.6. The number of rotatable bonds is 6. The molecule has 2 aromatic heterocycles. The van der Waals surface area contributed by atoms with Crippen molar-refractivity contribution in [2.24, 2.45) is 0 Å². The minimum Gasteiger partial charge on any atom is -0.494 e. The van der Waals surface area contributed by atoms with Crippen molar-refractivity contribution in [2.75, 3.05) is 11.5 Å². The second kappa shape index (κ2) is 9.03. The number of hydrogen-bond acceptors (Lipinski definition) is 3. The average molecular weight is 459 g/mol. The monoisotopic (exact) mass is 458 g/mol. The van der Waals surface area contributed by atoms with Crippen LogP contribution in [0.5, 0.6) is 5.75 Å². The second-order valence-corrected chi connectivity index (χ2v) is 8.06. The molecule has 1 N–H and O–H groups in total. The number of aromatic nitrogens is 2. The van der Waals surface area contributed by atoms with Crippen molar-refractivity contribution < 1.29 is 9.13 Å². The van der Waals surface area contributed by atoms with Gasteiger partial charge < -0.3 is 19.5 Å². The lowest BCUT2D eigenvalue weighted by Gasteiger charge is -2.29. The van der Waals surface area contributed by atoms with E-state index >= 15 is 0 Å². The van der Waals surface area contributed by atoms with Crippen LogP contribution in [0.2, 0.25) is 0 Å². The van der Waals surface area contributed by atoms with Gasteiger partial charge in [0.15, 0.2) is 5.11 Å². The molecule has 0 amide bonds. The van der Waals surface area contributed by atoms with Crippen LogP contribution in [0.15, 0.2) is 91.3 Å². The van der Waals surface area contributed by atoms with Gasteiger partial charge in [-0.15, -0.1) is 0 Å². The normalized spacial score (nSPS) is 17.8. The molecule has 1 fully saturated rings. The molecule has 33 heavy (non-hydrogen) atoms. The average Bonchev–Trinajstić information content (AvgIpc) is 3.45. The first kappa shape index (κ1) is 21.2. The summed E-state index contributed by atoms with van der Waals surface area (Å²) in [6.07, 6.45) is 3.76. The quantitative estimate of drug-likeness (QED) is 0.382. The van der Waals surface area contributed by atoms with E-state index in [0.717, 1.165) is 22.8 Å². The van der Waals surface area contributed by atoms with Crippen molar-refractivity contribution >= 4 is 23.0 Å². The van der Waals surface area contributed by atoms with E-state index in [-0.39, 0.29) is 17.9 Å². The molecule has 1 aliphatic heterocycles. The largest absolute Gasteiger partial charge is 0.494 e. The van der Waals surface area contributed by atoms with Gasteiger partial charge >= 0.3 is 0 Å². The smallest absolute Gasteiger partial charge is 0.174 e. The molecular formula is C26H23FN4OS. The maximum atomic E-state index is 14.9. The highest BCUT2D eigenvalue weighted by Gasteiger charge is 2.42. The van der Waals surface area contributed by atoms with Gasteiger partial charge in [-0.1, -0.05) is 18.2 Å². The molecule has 4 aromatic rings. The molecule has 3 heterocycles. The summed E-state index contributed by atoms with van der Waals surface area (Å²) in [5.41, 5.74) is 3.20. The molecule has 0 spiro atoms. The lowest BCUT2D eigenvalue weighted by atomic mass is 10.0. The van der Waals surface area contributed by atoms with Crippen molar-refractivity contribution in [1.29, 1.82) is 0 Å². The van der Waals surface area contributed by atoms with Crippen LogP contribution in [0.3, 0.4) is 0 Å². The highest BCUT2D eigenvalue weighted by atomic mass is 32.1. The second-order valence-electron chi connectivity index (χ2n) is 7.68. The Morgan fingerprint density at radius 1 is 1.00 bits per heavy atom. The zero-order chi connectivity index (χ0) is 22.8. The van der Waals surface area contributed by atoms with E-state index in [1.165, 1.54) is 6.07 Å². The van der Waals surface area contributed by atoms with Crippen LogP contribution in [-0.4, -0.2) is 21.3 Å². The third kappa shape index (κ3) is 3.96. The topological polar surface area (TPSA) is 42.3 Å². The first-order chi connectivity index (χ1) is 16.2. The Labute approximate surface area is 197 Å². The minimum absolute atomic E-state index is 0.255. The molecule has 2 aromatic carbocycles. The van der Waals surface area contributed by atoms with E-state index in [0.29, 0.717) is 17.4 Å². The van der Waals surface area contributed by atoms with E-state index in [1.54, 1.807) is 18.3 Å². The van der Waals surface area contributed by atoms with E-state index in [9.17, 15) is 4.39 Å². The van der Waals surface area contributed by atoms with Crippen LogP contribution < -0.4 is 15.0 Å². The molecule has 5 rings (SSSR count). The SMILES string of the molecule is CCOc1ccc(-n2cccc2[C@@H]2[C@@H](c3ccccn3)NC(=S)N2c2ccccc2F)cc1. The molecule has 2 atom stereocenters. The lowest BCUT2D eigenvalue weighted by Crippen LogP contribution is -2.31. The number of pyridine rings is 1. The number of halogens is 1. The van der Waals surface area contributed by atoms with Crippen molar-refractivity contribution in [3.63, 3.8) is 0 Å². The zero-order valence-electron chi connectivity index (χ0n) is 18.1. The summed E-state index contributed by atoms with van der Waals surface area (Å²) in [5.74, 6) is 0.491. The summed E-state index contributed by atoms with van der Waals surface area (Å²) in [6, 6.07) is 23.9. The van der Waals surface area contributed by atoms with Gasteiger partial charge in [-0.05, 0) is 79.8 Å². The summed E-state index contributed by atoms with van der Waals surface area (Å²) in [5, 5.41) is 3.84. The van der Waals surface area contributed by atoms with Crippen LogP contribution in [0, 0.1) is 5.82 Å². The van der Waals surface area contributed by atoms with E-state index in [1.807, 2.05) is 78.7 Å². The Balaban J connectivity index is 1.63. The van der Waals surface area contributed by atoms with Gasteiger partial charge in [-0.2, -0.15) is 0 Å². The summed E-state index contributed by atoms with van der Waals surface area (Å²) in [6.45, 7) is 2.58. The highest BCUT2D eigenvalue weighted by Crippen LogP contribution is 2.42. The molecule has 0 unspecified atom stereocenters. The van der Waals surface area contributed by atoms with E-state index in [2.05, 4.69) is 14.9 Å². The Morgan fingerprint density at radius 2 is 1.79 bits per heavy atom. The number of anilines is 1. The van der Waals surface area contributed by atoms with Gasteiger partial charge in [0, 0.05) is 23.8 Å². The maximum absolute atomic E-state index is 14.9. The maximum Gasteiger partial charge on any atom is 0.174 e. The van der Waals surface area contributed by atoms with Gasteiger partial charge in [0.1, 0.15) is 17.6 Å². The number of ether oxygens (including phenoxy) is 1. The standard InChI is InChI=1S/C26H23FN4OS/c1-2-32-19-14-12-18(13-15-19)30-17-7-11-23(30)25-24(21-9-5-6-16-28-21)29-26(33)31(25)22-10-4-3-8-20(22)27/h3-17,24-25H,2H2,1H3,(H,29,33)/t24-,25-/m1/s1. The molecule has 0 bridgehead atoms. The van der Waals surface area contributed by atoms with Crippen LogP contribution in [0.4, 0.5) is 10.1 Å². The number of thiocarbonyl (C=S) groups is 1. The number of nitrogens with zero attached hydrogens (tertiary/aromatic N) is 3. The third-order valence-electron chi connectivity index (χ3n) is 5.72. The lowest BCUT2D eigenvalue weighted by molar-refractivity contribution is 0.340. The fourth-order valence-electron chi connectivity index (χ4n) is 4.30. The summed E-state index contributed by atoms with van der Waals surface area (Å²) in [4.78, 5) is 6.42. The van der Waals surface area contributed by atoms with Crippen molar-refractivity contribution in [2.45, 2.75) is 19.0 Å². The van der Waals surface area contributed by atoms with E-state index in [4.69, 9.17) is 17.0 Å². The summed E-state index contributed by atoms with van der Waals surface area (Å²) >= 11 is 5.71. The highest BCUT2D eigenvalue weighted by molar-refractivity contribution is 7.80. The molecule has 0 radical (unpaired) electrons. The van der Waals surface area contributed by atoms with Gasteiger partial charge in [-0.25, -0.2) is 4.39 Å². The number of hydrogen-bond donors (Lipinski definition) is 1. The molecule has 166 valence electrons. The van der Waals surface area contributed by atoms with Gasteiger partial charge in [0.2, 0.25) is 0 Å². The van der Waals surface area contributed by atoms with Gasteiger partial charge in [0.05, 0.1) is 24.0 Å². The van der Waals surface area contributed by atoms with Crippen LogP contribution >= 0.6 is 12.2 Å². The Morgan fingerprint density at radius 3 is 2.52 bits per heavy atom. The van der Waals surface area contributed by atoms with Crippen LogP contribution in [0.25, 0.3) is 5.69 Å². The van der Waals surface area contributed by atoms with E-state index < -0.39 is 0 Å². The zero-order valence-corrected chi connectivity index (χ0v) is 18.9. The first-order valence-electron chi connectivity index (χ1n) is 10.8. The first-order valence-corrected chi connectivity index (χ1v) is 11.2. The molecule has 1 saturated heterocycles. The molecule has 0 aliphatic carbocycles. The van der Waals surface area contributed by atoms with Crippen molar-refractivity contribution in [3.05, 3.63) is 108 Å².